The zero-order chi connectivity index (χ0) is 20.2. The van der Waals surface area contributed by atoms with Crippen molar-refractivity contribution in [2.24, 2.45) is 11.8 Å². The molecule has 1 heterocycles. The Morgan fingerprint density at radius 1 is 0.897 bits per heavy atom. The van der Waals surface area contributed by atoms with Crippen molar-refractivity contribution in [2.45, 2.75) is 51.0 Å². The molecule has 3 fully saturated rings. The van der Waals surface area contributed by atoms with Crippen LogP contribution in [0.25, 0.3) is 0 Å². The summed E-state index contributed by atoms with van der Waals surface area (Å²) in [5, 5.41) is 3.04. The Labute approximate surface area is 172 Å². The maximum absolute atomic E-state index is 13.3. The fourth-order valence-electron chi connectivity index (χ4n) is 4.91. The normalized spacial score (nSPS) is 26.1. The van der Waals surface area contributed by atoms with E-state index in [2.05, 4.69) is 5.32 Å². The van der Waals surface area contributed by atoms with Crippen molar-refractivity contribution in [1.82, 2.24) is 15.1 Å². The lowest BCUT2D eigenvalue weighted by molar-refractivity contribution is -0.138. The maximum atomic E-state index is 13.3. The number of benzene rings is 1. The number of fused-ring (bicyclic) bond motifs is 1. The average Bonchev–Trinajstić information content (AvgIpc) is 3.17. The molecule has 1 N–H and O–H groups in total. The van der Waals surface area contributed by atoms with E-state index in [1.165, 1.54) is 0 Å². The lowest BCUT2D eigenvalue weighted by Crippen LogP contribution is -2.47. The summed E-state index contributed by atoms with van der Waals surface area (Å²) >= 11 is 0. The predicted octanol–water partition coefficient (Wildman–Crippen LogP) is 2.45. The summed E-state index contributed by atoms with van der Waals surface area (Å²) in [5.41, 5.74) is 0.663. The molecule has 0 unspecified atom stereocenters. The fraction of sp³-hybridized carbons (Fsp3) is 0.609. The van der Waals surface area contributed by atoms with Crippen LogP contribution in [0.1, 0.15) is 55.3 Å². The maximum Gasteiger partial charge on any atom is 0.254 e. The first-order valence-corrected chi connectivity index (χ1v) is 11.1. The van der Waals surface area contributed by atoms with Crippen molar-refractivity contribution in [3.63, 3.8) is 0 Å². The summed E-state index contributed by atoms with van der Waals surface area (Å²) in [6.07, 6.45) is 6.47. The van der Waals surface area contributed by atoms with Crippen molar-refractivity contribution in [1.29, 1.82) is 0 Å². The number of nitrogens with zero attached hydrogens (tertiary/aromatic N) is 2. The van der Waals surface area contributed by atoms with Crippen molar-refractivity contribution in [3.05, 3.63) is 35.9 Å². The van der Waals surface area contributed by atoms with E-state index in [0.29, 0.717) is 31.7 Å². The van der Waals surface area contributed by atoms with E-state index in [1.807, 2.05) is 40.1 Å². The van der Waals surface area contributed by atoms with Gasteiger partial charge in [-0.15, -0.1) is 0 Å². The molecule has 2 atom stereocenters. The third-order valence-corrected chi connectivity index (χ3v) is 6.77. The van der Waals surface area contributed by atoms with Gasteiger partial charge in [0.15, 0.2) is 0 Å². The smallest absolute Gasteiger partial charge is 0.254 e. The molecule has 1 saturated heterocycles. The van der Waals surface area contributed by atoms with Crippen LogP contribution in [0.5, 0.6) is 0 Å². The Morgan fingerprint density at radius 3 is 2.38 bits per heavy atom. The van der Waals surface area contributed by atoms with Crippen molar-refractivity contribution in [2.75, 3.05) is 26.2 Å². The second-order valence-corrected chi connectivity index (χ2v) is 8.57. The fourth-order valence-corrected chi connectivity index (χ4v) is 4.91. The van der Waals surface area contributed by atoms with Crippen LogP contribution in [0, 0.1) is 11.8 Å². The van der Waals surface area contributed by atoms with Crippen molar-refractivity contribution >= 4 is 17.7 Å². The second-order valence-electron chi connectivity index (χ2n) is 8.57. The SMILES string of the molecule is O=C1NCCN(C(=O)C2CCC2)CCCN(C(=O)c2ccccc2)[C@H]2CCC[C@@H]12. The van der Waals surface area contributed by atoms with Gasteiger partial charge in [-0.25, -0.2) is 0 Å². The first-order chi connectivity index (χ1) is 14.1. The van der Waals surface area contributed by atoms with Crippen LogP contribution in [-0.4, -0.2) is 59.7 Å². The number of carbonyl (C=O) groups excluding carboxylic acids is 3. The highest BCUT2D eigenvalue weighted by Gasteiger charge is 2.39. The van der Waals surface area contributed by atoms with Crippen LogP contribution in [0.3, 0.4) is 0 Å². The van der Waals surface area contributed by atoms with Gasteiger partial charge in [-0.3, -0.25) is 14.4 Å². The zero-order valence-electron chi connectivity index (χ0n) is 17.0. The van der Waals surface area contributed by atoms with Gasteiger partial charge in [0.05, 0.1) is 5.92 Å². The molecule has 0 aromatic heterocycles. The molecule has 156 valence electrons. The Bertz CT molecular complexity index is 747. The van der Waals surface area contributed by atoms with E-state index >= 15 is 0 Å². The molecule has 0 spiro atoms. The quantitative estimate of drug-likeness (QED) is 0.833. The lowest BCUT2D eigenvalue weighted by atomic mass is 9.84. The first-order valence-electron chi connectivity index (χ1n) is 11.1. The van der Waals surface area contributed by atoms with E-state index < -0.39 is 0 Å². The van der Waals surface area contributed by atoms with Gasteiger partial charge in [0.2, 0.25) is 11.8 Å². The third-order valence-electron chi connectivity index (χ3n) is 6.77. The Balaban J connectivity index is 1.54. The molecule has 3 aliphatic rings. The highest BCUT2D eigenvalue weighted by molar-refractivity contribution is 5.95. The zero-order valence-corrected chi connectivity index (χ0v) is 17.0. The highest BCUT2D eigenvalue weighted by Crippen LogP contribution is 2.32. The molecule has 1 aliphatic heterocycles. The molecule has 6 heteroatoms. The predicted molar refractivity (Wildman–Crippen MR) is 110 cm³/mol. The van der Waals surface area contributed by atoms with Crippen LogP contribution in [0.2, 0.25) is 0 Å². The molecule has 0 bridgehead atoms. The van der Waals surface area contributed by atoms with E-state index in [9.17, 15) is 14.4 Å². The number of hydrogen-bond donors (Lipinski definition) is 1. The molecule has 6 nitrogen and oxygen atoms in total. The largest absolute Gasteiger partial charge is 0.354 e. The second kappa shape index (κ2) is 8.97. The summed E-state index contributed by atoms with van der Waals surface area (Å²) in [7, 11) is 0. The summed E-state index contributed by atoms with van der Waals surface area (Å²) in [5.74, 6) is 0.224. The Morgan fingerprint density at radius 2 is 1.66 bits per heavy atom. The number of amides is 3. The van der Waals surface area contributed by atoms with Crippen LogP contribution in [0.4, 0.5) is 0 Å². The Hall–Kier alpha value is -2.37. The Kier molecular flexibility index (Phi) is 6.16. The number of nitrogens with one attached hydrogen (secondary N) is 1. The molecule has 4 rings (SSSR count). The van der Waals surface area contributed by atoms with Gasteiger partial charge < -0.3 is 15.1 Å². The summed E-state index contributed by atoms with van der Waals surface area (Å²) in [6.45, 7) is 2.27. The van der Waals surface area contributed by atoms with E-state index in [4.69, 9.17) is 0 Å². The summed E-state index contributed by atoms with van der Waals surface area (Å²) in [6, 6.07) is 9.26. The highest BCUT2D eigenvalue weighted by atomic mass is 16.2. The van der Waals surface area contributed by atoms with Gasteiger partial charge in [-0.2, -0.15) is 0 Å². The minimum atomic E-state index is -0.156. The van der Waals surface area contributed by atoms with Crippen LogP contribution < -0.4 is 5.32 Å². The van der Waals surface area contributed by atoms with Gasteiger partial charge in [-0.1, -0.05) is 31.0 Å². The molecule has 0 radical (unpaired) electrons. The molecule has 29 heavy (non-hydrogen) atoms. The molecule has 1 aromatic carbocycles. The molecule has 1 aromatic rings. The van der Waals surface area contributed by atoms with Gasteiger partial charge in [0, 0.05) is 43.7 Å². The molecular weight excluding hydrogens is 366 g/mol. The van der Waals surface area contributed by atoms with Crippen molar-refractivity contribution in [3.8, 4) is 0 Å². The number of rotatable bonds is 2. The first kappa shape index (κ1) is 19.9. The van der Waals surface area contributed by atoms with E-state index in [0.717, 1.165) is 44.9 Å². The summed E-state index contributed by atoms with van der Waals surface area (Å²) in [4.78, 5) is 42.7. The van der Waals surface area contributed by atoms with Crippen LogP contribution >= 0.6 is 0 Å². The lowest BCUT2D eigenvalue weighted by Gasteiger charge is -2.33. The van der Waals surface area contributed by atoms with Crippen LogP contribution in [0.15, 0.2) is 30.3 Å². The molecule has 3 amide bonds. The van der Waals surface area contributed by atoms with Gasteiger partial charge in [-0.05, 0) is 44.2 Å². The van der Waals surface area contributed by atoms with E-state index in [1.54, 1.807) is 0 Å². The molecular formula is C23H31N3O3. The topological polar surface area (TPSA) is 69.7 Å². The average molecular weight is 398 g/mol. The monoisotopic (exact) mass is 397 g/mol. The van der Waals surface area contributed by atoms with Gasteiger partial charge in [0.1, 0.15) is 0 Å². The number of carbonyl (C=O) groups is 3. The molecule has 2 aliphatic carbocycles. The number of hydrogen-bond acceptors (Lipinski definition) is 3. The summed E-state index contributed by atoms with van der Waals surface area (Å²) < 4.78 is 0. The minimum Gasteiger partial charge on any atom is -0.354 e. The minimum absolute atomic E-state index is 0.00795. The van der Waals surface area contributed by atoms with Gasteiger partial charge >= 0.3 is 0 Å². The van der Waals surface area contributed by atoms with Gasteiger partial charge in [0.25, 0.3) is 5.91 Å². The standard InChI is InChI=1S/C23H31N3O3/c27-21-19-11-5-12-20(19)26(23(29)18-7-2-1-3-8-18)15-6-14-25(16-13-24-21)22(28)17-9-4-10-17/h1-3,7-8,17,19-20H,4-6,9-16H2,(H,24,27)/t19-,20+/m1/s1. The van der Waals surface area contributed by atoms with Crippen LogP contribution in [-0.2, 0) is 9.59 Å². The third kappa shape index (κ3) is 4.31. The van der Waals surface area contributed by atoms with E-state index in [-0.39, 0.29) is 35.6 Å². The molecule has 2 saturated carbocycles. The van der Waals surface area contributed by atoms with Crippen molar-refractivity contribution < 1.29 is 14.4 Å².